The highest BCUT2D eigenvalue weighted by molar-refractivity contribution is 6.16. The molecule has 0 aliphatic heterocycles. The molecule has 1 aliphatic rings. The second-order valence-electron chi connectivity index (χ2n) is 9.40. The number of hydrogen-bond donors (Lipinski definition) is 4. The summed E-state index contributed by atoms with van der Waals surface area (Å²) in [6, 6.07) is 15.9. The zero-order valence-corrected chi connectivity index (χ0v) is 21.6. The number of aromatic hydroxyl groups is 1. The number of benzene rings is 3. The van der Waals surface area contributed by atoms with E-state index in [4.69, 9.17) is 9.47 Å². The molecule has 1 saturated carbocycles. The molecule has 39 heavy (non-hydrogen) atoms. The fourth-order valence-corrected chi connectivity index (χ4v) is 4.19. The van der Waals surface area contributed by atoms with Gasteiger partial charge in [0, 0.05) is 42.0 Å². The van der Waals surface area contributed by atoms with E-state index in [-0.39, 0.29) is 28.7 Å². The lowest BCUT2D eigenvalue weighted by atomic mass is 10.0. The Morgan fingerprint density at radius 2 is 1.59 bits per heavy atom. The summed E-state index contributed by atoms with van der Waals surface area (Å²) in [7, 11) is 3.09. The van der Waals surface area contributed by atoms with Crippen molar-refractivity contribution in [3.63, 3.8) is 0 Å². The quantitative estimate of drug-likeness (QED) is 0.219. The Labute approximate surface area is 224 Å². The molecular formula is C29H27FN4O5. The molecule has 1 aliphatic carbocycles. The summed E-state index contributed by atoms with van der Waals surface area (Å²) in [5.41, 5.74) is 1.08. The Balaban J connectivity index is 1.34. The lowest BCUT2D eigenvalue weighted by molar-refractivity contribution is -0.131. The minimum absolute atomic E-state index is 0.0900. The van der Waals surface area contributed by atoms with Gasteiger partial charge in [-0.2, -0.15) is 0 Å². The van der Waals surface area contributed by atoms with Gasteiger partial charge in [0.1, 0.15) is 17.0 Å². The van der Waals surface area contributed by atoms with E-state index in [1.165, 1.54) is 25.3 Å². The number of phenolic OH excluding ortho intramolecular Hbond substituents is 1. The average Bonchev–Trinajstić information content (AvgIpc) is 3.73. The normalized spacial score (nSPS) is 13.4. The molecule has 5 rings (SSSR count). The SMILES string of the molecule is CNc1cc(Oc2ccc(NC(=O)C3(C(=O)Nc4ccc(C)cc4)CC3)cc2F)c2cc(OC)c(O)cc2n1. The third-order valence-electron chi connectivity index (χ3n) is 6.67. The van der Waals surface area contributed by atoms with Crippen molar-refractivity contribution in [3.8, 4) is 23.0 Å². The number of carbonyl (C=O) groups is 2. The first-order valence-electron chi connectivity index (χ1n) is 12.3. The third kappa shape index (κ3) is 5.13. The highest BCUT2D eigenvalue weighted by atomic mass is 19.1. The number of aryl methyl sites for hydroxylation is 1. The first-order valence-corrected chi connectivity index (χ1v) is 12.3. The molecule has 1 heterocycles. The summed E-state index contributed by atoms with van der Waals surface area (Å²) < 4.78 is 26.2. The number of hydrogen-bond acceptors (Lipinski definition) is 7. The van der Waals surface area contributed by atoms with Crippen LogP contribution in [0.5, 0.6) is 23.0 Å². The smallest absolute Gasteiger partial charge is 0.240 e. The maximum absolute atomic E-state index is 15.1. The molecule has 0 saturated heterocycles. The molecule has 0 radical (unpaired) electrons. The summed E-state index contributed by atoms with van der Waals surface area (Å²) in [6.07, 6.45) is 0.810. The number of rotatable bonds is 8. The summed E-state index contributed by atoms with van der Waals surface area (Å²) in [4.78, 5) is 30.3. The van der Waals surface area contributed by atoms with Crippen molar-refractivity contribution in [2.45, 2.75) is 19.8 Å². The zero-order chi connectivity index (χ0) is 27.7. The van der Waals surface area contributed by atoms with E-state index in [1.807, 2.05) is 19.1 Å². The molecular weight excluding hydrogens is 503 g/mol. The summed E-state index contributed by atoms with van der Waals surface area (Å²) in [6.45, 7) is 1.94. The number of ether oxygens (including phenoxy) is 2. The highest BCUT2D eigenvalue weighted by Crippen LogP contribution is 2.47. The standard InChI is InChI=1S/C29H27FN4O5/c1-16-4-6-17(7-5-16)32-27(36)29(10-11-29)28(37)33-18-8-9-23(20(30)12-18)39-24-15-26(31-2)34-21-14-22(35)25(38-3)13-19(21)24/h4-9,12-15,35H,10-11H2,1-3H3,(H,31,34)(H,32,36)(H,33,37). The van der Waals surface area contributed by atoms with Gasteiger partial charge in [0.2, 0.25) is 11.8 Å². The van der Waals surface area contributed by atoms with Crippen molar-refractivity contribution in [1.29, 1.82) is 0 Å². The Morgan fingerprint density at radius 3 is 2.21 bits per heavy atom. The molecule has 3 aromatic carbocycles. The van der Waals surface area contributed by atoms with Gasteiger partial charge in [-0.3, -0.25) is 9.59 Å². The molecule has 0 atom stereocenters. The second-order valence-corrected chi connectivity index (χ2v) is 9.40. The molecule has 0 bridgehead atoms. The first-order chi connectivity index (χ1) is 18.7. The minimum atomic E-state index is -1.19. The molecule has 0 unspecified atom stereocenters. The predicted octanol–water partition coefficient (Wildman–Crippen LogP) is 5.59. The highest BCUT2D eigenvalue weighted by Gasteiger charge is 2.56. The lowest BCUT2D eigenvalue weighted by Gasteiger charge is -2.16. The van der Waals surface area contributed by atoms with Gasteiger partial charge in [-0.05, 0) is 50.1 Å². The Kier molecular flexibility index (Phi) is 6.69. The zero-order valence-electron chi connectivity index (χ0n) is 21.6. The Bertz CT molecular complexity index is 1590. The van der Waals surface area contributed by atoms with Gasteiger partial charge >= 0.3 is 0 Å². The van der Waals surface area contributed by atoms with Crippen LogP contribution in [-0.2, 0) is 9.59 Å². The van der Waals surface area contributed by atoms with E-state index >= 15 is 4.39 Å². The second kappa shape index (κ2) is 10.1. The van der Waals surface area contributed by atoms with Crippen LogP contribution in [0.2, 0.25) is 0 Å². The minimum Gasteiger partial charge on any atom is -0.504 e. The van der Waals surface area contributed by atoms with Crippen LogP contribution in [0.4, 0.5) is 21.6 Å². The van der Waals surface area contributed by atoms with Crippen molar-refractivity contribution in [2.75, 3.05) is 30.1 Å². The van der Waals surface area contributed by atoms with E-state index in [0.717, 1.165) is 11.6 Å². The molecule has 9 nitrogen and oxygen atoms in total. The van der Waals surface area contributed by atoms with E-state index < -0.39 is 23.0 Å². The number of amides is 2. The molecule has 2 amide bonds. The summed E-state index contributed by atoms with van der Waals surface area (Å²) in [5.74, 6) is -0.847. The Morgan fingerprint density at radius 1 is 0.923 bits per heavy atom. The van der Waals surface area contributed by atoms with Crippen LogP contribution in [0.3, 0.4) is 0 Å². The number of pyridine rings is 1. The number of aromatic nitrogens is 1. The summed E-state index contributed by atoms with van der Waals surface area (Å²) >= 11 is 0. The van der Waals surface area contributed by atoms with Crippen molar-refractivity contribution < 1.29 is 28.6 Å². The Hall–Kier alpha value is -4.86. The first kappa shape index (κ1) is 25.8. The molecule has 200 valence electrons. The van der Waals surface area contributed by atoms with Crippen molar-refractivity contribution in [2.24, 2.45) is 5.41 Å². The van der Waals surface area contributed by atoms with Crippen LogP contribution in [0.15, 0.2) is 60.7 Å². The van der Waals surface area contributed by atoms with Gasteiger partial charge in [0.25, 0.3) is 0 Å². The van der Waals surface area contributed by atoms with Gasteiger partial charge in [0.05, 0.1) is 12.6 Å². The van der Waals surface area contributed by atoms with Gasteiger partial charge in [-0.1, -0.05) is 17.7 Å². The van der Waals surface area contributed by atoms with Crippen molar-refractivity contribution >= 4 is 39.9 Å². The van der Waals surface area contributed by atoms with E-state index in [2.05, 4.69) is 20.9 Å². The molecule has 1 aromatic heterocycles. The molecule has 1 fully saturated rings. The number of nitrogens with zero attached hydrogens (tertiary/aromatic N) is 1. The van der Waals surface area contributed by atoms with Crippen LogP contribution >= 0.6 is 0 Å². The van der Waals surface area contributed by atoms with Gasteiger partial charge in [0.15, 0.2) is 23.1 Å². The topological polar surface area (TPSA) is 122 Å². The molecule has 10 heteroatoms. The maximum atomic E-state index is 15.1. The third-order valence-corrected chi connectivity index (χ3v) is 6.67. The van der Waals surface area contributed by atoms with Crippen LogP contribution < -0.4 is 25.4 Å². The van der Waals surface area contributed by atoms with Gasteiger partial charge in [-0.25, -0.2) is 9.37 Å². The predicted molar refractivity (Wildman–Crippen MR) is 146 cm³/mol. The molecule has 0 spiro atoms. The van der Waals surface area contributed by atoms with Gasteiger partial charge in [-0.15, -0.1) is 0 Å². The number of halogens is 1. The maximum Gasteiger partial charge on any atom is 0.240 e. The van der Waals surface area contributed by atoms with Crippen LogP contribution in [-0.4, -0.2) is 36.1 Å². The van der Waals surface area contributed by atoms with Crippen LogP contribution in [0.25, 0.3) is 10.9 Å². The average molecular weight is 531 g/mol. The van der Waals surface area contributed by atoms with E-state index in [1.54, 1.807) is 31.3 Å². The van der Waals surface area contributed by atoms with E-state index in [0.29, 0.717) is 35.2 Å². The number of methoxy groups -OCH3 is 1. The van der Waals surface area contributed by atoms with E-state index in [9.17, 15) is 14.7 Å². The number of fused-ring (bicyclic) bond motifs is 1. The number of carbonyl (C=O) groups excluding carboxylic acids is 2. The summed E-state index contributed by atoms with van der Waals surface area (Å²) in [5, 5.41) is 19.0. The van der Waals surface area contributed by atoms with Gasteiger partial charge < -0.3 is 30.5 Å². The number of anilines is 3. The lowest BCUT2D eigenvalue weighted by Crippen LogP contribution is -2.35. The molecule has 4 aromatic rings. The van der Waals surface area contributed by atoms with Crippen molar-refractivity contribution in [3.05, 3.63) is 72.0 Å². The number of nitrogens with one attached hydrogen (secondary N) is 3. The molecule has 4 N–H and O–H groups in total. The van der Waals surface area contributed by atoms with Crippen LogP contribution in [0, 0.1) is 18.2 Å². The van der Waals surface area contributed by atoms with Crippen LogP contribution in [0.1, 0.15) is 18.4 Å². The monoisotopic (exact) mass is 530 g/mol. The number of phenols is 1. The largest absolute Gasteiger partial charge is 0.504 e. The fraction of sp³-hybridized carbons (Fsp3) is 0.207. The fourth-order valence-electron chi connectivity index (χ4n) is 4.19. The van der Waals surface area contributed by atoms with Crippen molar-refractivity contribution in [1.82, 2.24) is 4.98 Å².